The van der Waals surface area contributed by atoms with Gasteiger partial charge in [0.05, 0.1) is 26.9 Å². The molecule has 1 heterocycles. The van der Waals surface area contributed by atoms with E-state index in [4.69, 9.17) is 25.8 Å². The number of rotatable bonds is 9. The highest BCUT2D eigenvalue weighted by Crippen LogP contribution is 2.34. The number of morpholine rings is 1. The molecule has 1 saturated heterocycles. The summed E-state index contributed by atoms with van der Waals surface area (Å²) < 4.78 is 16.4. The van der Waals surface area contributed by atoms with Crippen LogP contribution in [0.4, 0.5) is 0 Å². The number of methoxy groups -OCH3 is 1. The minimum atomic E-state index is 0. The zero-order chi connectivity index (χ0) is 16.5. The first kappa shape index (κ1) is 24.6. The van der Waals surface area contributed by atoms with Crippen LogP contribution in [0, 0.1) is 0 Å². The van der Waals surface area contributed by atoms with Crippen LogP contribution in [0.3, 0.4) is 0 Å². The van der Waals surface area contributed by atoms with E-state index < -0.39 is 0 Å². The molecule has 0 bridgehead atoms. The van der Waals surface area contributed by atoms with Gasteiger partial charge in [-0.05, 0) is 32.5 Å². The lowest BCUT2D eigenvalue weighted by Gasteiger charge is -2.26. The van der Waals surface area contributed by atoms with Gasteiger partial charge in [-0.1, -0.05) is 11.6 Å². The van der Waals surface area contributed by atoms with Crippen molar-refractivity contribution in [3.8, 4) is 11.5 Å². The van der Waals surface area contributed by atoms with Gasteiger partial charge < -0.3 is 19.5 Å². The Bertz CT molecular complexity index is 486. The van der Waals surface area contributed by atoms with Crippen LogP contribution in [0.1, 0.15) is 18.9 Å². The number of ether oxygens (including phenoxy) is 3. The van der Waals surface area contributed by atoms with E-state index >= 15 is 0 Å². The standard InChI is InChI=1S/C17H27ClN2O3.2ClH/c1-3-23-17-14(11-15(18)12-16(17)21-2)13-19-5-4-6-20-7-9-22-10-8-20;;/h11-12,19H,3-10,13H2,1-2H3;2*1H. The van der Waals surface area contributed by atoms with Gasteiger partial charge in [0.15, 0.2) is 11.5 Å². The second-order valence-electron chi connectivity index (χ2n) is 5.51. The maximum atomic E-state index is 6.16. The van der Waals surface area contributed by atoms with E-state index in [1.54, 1.807) is 13.2 Å². The van der Waals surface area contributed by atoms with Gasteiger partial charge in [-0.25, -0.2) is 0 Å². The number of hydrogen-bond donors (Lipinski definition) is 1. The topological polar surface area (TPSA) is 43.0 Å². The van der Waals surface area contributed by atoms with Crippen molar-refractivity contribution in [2.75, 3.05) is 53.1 Å². The molecule has 0 aliphatic carbocycles. The Morgan fingerprint density at radius 2 is 1.96 bits per heavy atom. The van der Waals surface area contributed by atoms with E-state index in [1.807, 2.05) is 13.0 Å². The Balaban J connectivity index is 0.00000288. The first-order valence-corrected chi connectivity index (χ1v) is 8.62. The van der Waals surface area contributed by atoms with Crippen molar-refractivity contribution in [2.24, 2.45) is 0 Å². The molecule has 25 heavy (non-hydrogen) atoms. The predicted molar refractivity (Wildman–Crippen MR) is 107 cm³/mol. The molecule has 1 aliphatic rings. The molecule has 1 fully saturated rings. The van der Waals surface area contributed by atoms with Crippen LogP contribution in [0.25, 0.3) is 0 Å². The van der Waals surface area contributed by atoms with Crippen LogP contribution in [0.2, 0.25) is 5.02 Å². The van der Waals surface area contributed by atoms with Crippen molar-refractivity contribution in [3.05, 3.63) is 22.7 Å². The molecule has 146 valence electrons. The molecule has 0 atom stereocenters. The SMILES string of the molecule is CCOc1c(CNCCCN2CCOCC2)cc(Cl)cc1OC.Cl.Cl. The molecule has 1 aliphatic heterocycles. The first-order chi connectivity index (χ1) is 11.2. The Hall–Kier alpha value is -0.430. The second kappa shape index (κ2) is 13.7. The summed E-state index contributed by atoms with van der Waals surface area (Å²) in [6.45, 7) is 9.14. The molecular formula is C17H29Cl3N2O3. The van der Waals surface area contributed by atoms with Gasteiger partial charge in [-0.2, -0.15) is 0 Å². The average molecular weight is 416 g/mol. The lowest BCUT2D eigenvalue weighted by Crippen LogP contribution is -2.37. The largest absolute Gasteiger partial charge is 0.493 e. The van der Waals surface area contributed by atoms with E-state index in [0.717, 1.165) is 63.7 Å². The van der Waals surface area contributed by atoms with Crippen LogP contribution in [-0.4, -0.2) is 58.0 Å². The van der Waals surface area contributed by atoms with E-state index in [0.29, 0.717) is 17.4 Å². The highest BCUT2D eigenvalue weighted by molar-refractivity contribution is 6.30. The average Bonchev–Trinajstić information content (AvgIpc) is 2.57. The molecule has 5 nitrogen and oxygen atoms in total. The zero-order valence-corrected chi connectivity index (χ0v) is 17.3. The molecule has 0 radical (unpaired) electrons. The first-order valence-electron chi connectivity index (χ1n) is 8.24. The smallest absolute Gasteiger partial charge is 0.165 e. The second-order valence-corrected chi connectivity index (χ2v) is 5.95. The number of nitrogens with zero attached hydrogens (tertiary/aromatic N) is 1. The fourth-order valence-electron chi connectivity index (χ4n) is 2.69. The molecular weight excluding hydrogens is 387 g/mol. The summed E-state index contributed by atoms with van der Waals surface area (Å²) in [6, 6.07) is 3.72. The molecule has 0 unspecified atom stereocenters. The van der Waals surface area contributed by atoms with Crippen molar-refractivity contribution < 1.29 is 14.2 Å². The molecule has 0 spiro atoms. The van der Waals surface area contributed by atoms with E-state index in [9.17, 15) is 0 Å². The zero-order valence-electron chi connectivity index (χ0n) is 14.9. The maximum absolute atomic E-state index is 6.16. The van der Waals surface area contributed by atoms with Crippen molar-refractivity contribution >= 4 is 36.4 Å². The van der Waals surface area contributed by atoms with Crippen LogP contribution < -0.4 is 14.8 Å². The van der Waals surface area contributed by atoms with Gasteiger partial charge in [0.1, 0.15) is 0 Å². The summed E-state index contributed by atoms with van der Waals surface area (Å²) >= 11 is 6.16. The Labute approximate surface area is 168 Å². The van der Waals surface area contributed by atoms with Crippen molar-refractivity contribution in [1.29, 1.82) is 0 Å². The van der Waals surface area contributed by atoms with Gasteiger partial charge in [-0.3, -0.25) is 4.90 Å². The van der Waals surface area contributed by atoms with Crippen LogP contribution >= 0.6 is 36.4 Å². The fraction of sp³-hybridized carbons (Fsp3) is 0.647. The van der Waals surface area contributed by atoms with Crippen molar-refractivity contribution in [1.82, 2.24) is 10.2 Å². The molecule has 1 aromatic carbocycles. The minimum Gasteiger partial charge on any atom is -0.493 e. The quantitative estimate of drug-likeness (QED) is 0.626. The molecule has 2 rings (SSSR count). The lowest BCUT2D eigenvalue weighted by atomic mass is 10.1. The van der Waals surface area contributed by atoms with Gasteiger partial charge in [-0.15, -0.1) is 24.8 Å². The van der Waals surface area contributed by atoms with Crippen LogP contribution in [-0.2, 0) is 11.3 Å². The molecule has 1 aromatic rings. The molecule has 1 N–H and O–H groups in total. The van der Waals surface area contributed by atoms with E-state index in [-0.39, 0.29) is 24.8 Å². The molecule has 8 heteroatoms. The Kier molecular flexibility index (Phi) is 13.5. The van der Waals surface area contributed by atoms with Crippen LogP contribution in [0.15, 0.2) is 12.1 Å². The Morgan fingerprint density at radius 3 is 2.60 bits per heavy atom. The van der Waals surface area contributed by atoms with Gasteiger partial charge >= 0.3 is 0 Å². The van der Waals surface area contributed by atoms with Crippen molar-refractivity contribution in [2.45, 2.75) is 19.9 Å². The number of halogens is 3. The monoisotopic (exact) mass is 414 g/mol. The predicted octanol–water partition coefficient (Wildman–Crippen LogP) is 3.40. The summed E-state index contributed by atoms with van der Waals surface area (Å²) in [4.78, 5) is 2.44. The fourth-order valence-corrected chi connectivity index (χ4v) is 2.92. The minimum absolute atomic E-state index is 0. The summed E-state index contributed by atoms with van der Waals surface area (Å²) in [5.41, 5.74) is 1.03. The summed E-state index contributed by atoms with van der Waals surface area (Å²) in [7, 11) is 1.63. The van der Waals surface area contributed by atoms with Crippen LogP contribution in [0.5, 0.6) is 11.5 Å². The highest BCUT2D eigenvalue weighted by atomic mass is 35.5. The molecule has 0 saturated carbocycles. The highest BCUT2D eigenvalue weighted by Gasteiger charge is 2.13. The lowest BCUT2D eigenvalue weighted by molar-refractivity contribution is 0.0374. The third-order valence-corrected chi connectivity index (χ3v) is 4.07. The summed E-state index contributed by atoms with van der Waals surface area (Å²) in [5, 5.41) is 4.13. The number of benzene rings is 1. The molecule has 0 aromatic heterocycles. The molecule has 0 amide bonds. The number of nitrogens with one attached hydrogen (secondary N) is 1. The van der Waals surface area contributed by atoms with Gasteiger partial charge in [0, 0.05) is 36.3 Å². The van der Waals surface area contributed by atoms with Gasteiger partial charge in [0.2, 0.25) is 0 Å². The van der Waals surface area contributed by atoms with Crippen molar-refractivity contribution in [3.63, 3.8) is 0 Å². The maximum Gasteiger partial charge on any atom is 0.165 e. The third-order valence-electron chi connectivity index (χ3n) is 3.85. The third kappa shape index (κ3) is 8.20. The number of hydrogen-bond acceptors (Lipinski definition) is 5. The normalized spacial score (nSPS) is 14.4. The summed E-state index contributed by atoms with van der Waals surface area (Å²) in [5.74, 6) is 1.46. The van der Waals surface area contributed by atoms with E-state index in [1.165, 1.54) is 0 Å². The Morgan fingerprint density at radius 1 is 1.24 bits per heavy atom. The van der Waals surface area contributed by atoms with Gasteiger partial charge in [0.25, 0.3) is 0 Å². The summed E-state index contributed by atoms with van der Waals surface area (Å²) in [6.07, 6.45) is 1.11. The van der Waals surface area contributed by atoms with E-state index in [2.05, 4.69) is 10.2 Å².